The van der Waals surface area contributed by atoms with Gasteiger partial charge in [-0.1, -0.05) is 18.2 Å². The summed E-state index contributed by atoms with van der Waals surface area (Å²) >= 11 is 0. The van der Waals surface area contributed by atoms with Crippen LogP contribution < -0.4 is 20.3 Å². The minimum Gasteiger partial charge on any atom is -0.494 e. The van der Waals surface area contributed by atoms with Crippen LogP contribution in [0.1, 0.15) is 17.4 Å². The van der Waals surface area contributed by atoms with Gasteiger partial charge < -0.3 is 14.8 Å². The predicted octanol–water partition coefficient (Wildman–Crippen LogP) is 2.23. The molecule has 0 fully saturated rings. The number of aromatic nitrogens is 2. The number of hydrogen-bond acceptors (Lipinski definition) is 5. The molecule has 27 heavy (non-hydrogen) atoms. The van der Waals surface area contributed by atoms with Crippen molar-refractivity contribution in [3.05, 3.63) is 64.6 Å². The minimum absolute atomic E-state index is 0.216. The lowest BCUT2D eigenvalue weighted by Gasteiger charge is -2.11. The van der Waals surface area contributed by atoms with Crippen LogP contribution in [0, 0.1) is 0 Å². The van der Waals surface area contributed by atoms with Crippen molar-refractivity contribution in [2.75, 3.05) is 20.3 Å². The minimum atomic E-state index is -0.340. The fourth-order valence-corrected chi connectivity index (χ4v) is 2.72. The first-order valence-corrected chi connectivity index (χ1v) is 8.71. The summed E-state index contributed by atoms with van der Waals surface area (Å²) in [4.78, 5) is 24.8. The normalized spacial score (nSPS) is 10.6. The molecule has 3 rings (SSSR count). The Morgan fingerprint density at radius 3 is 2.30 bits per heavy atom. The molecule has 1 heterocycles. The molecule has 1 N–H and O–H groups in total. The molecule has 1 aromatic heterocycles. The Morgan fingerprint density at radius 1 is 1.04 bits per heavy atom. The number of carbonyl (C=O) groups is 1. The van der Waals surface area contributed by atoms with Crippen molar-refractivity contribution in [1.29, 1.82) is 0 Å². The molecule has 0 aliphatic carbocycles. The molecular formula is C20H21N3O4. The maximum Gasteiger partial charge on any atom is 0.274 e. The van der Waals surface area contributed by atoms with Crippen molar-refractivity contribution >= 4 is 16.7 Å². The van der Waals surface area contributed by atoms with Crippen LogP contribution in [0.15, 0.2) is 53.3 Å². The van der Waals surface area contributed by atoms with Gasteiger partial charge in [0.2, 0.25) is 0 Å². The Hall–Kier alpha value is -3.35. The molecule has 7 heteroatoms. The molecule has 0 bridgehead atoms. The van der Waals surface area contributed by atoms with Gasteiger partial charge in [-0.05, 0) is 37.3 Å². The average molecular weight is 367 g/mol. The Kier molecular flexibility index (Phi) is 5.71. The topological polar surface area (TPSA) is 82.4 Å². The van der Waals surface area contributed by atoms with E-state index in [9.17, 15) is 9.59 Å². The Labute approximate surface area is 156 Å². The molecule has 7 nitrogen and oxygen atoms in total. The predicted molar refractivity (Wildman–Crippen MR) is 102 cm³/mol. The van der Waals surface area contributed by atoms with Gasteiger partial charge in [-0.3, -0.25) is 9.59 Å². The van der Waals surface area contributed by atoms with Gasteiger partial charge in [-0.25, -0.2) is 4.68 Å². The summed E-state index contributed by atoms with van der Waals surface area (Å²) < 4.78 is 12.3. The van der Waals surface area contributed by atoms with Gasteiger partial charge in [-0.2, -0.15) is 5.10 Å². The Morgan fingerprint density at radius 2 is 1.67 bits per heavy atom. The van der Waals surface area contributed by atoms with Gasteiger partial charge in [0.05, 0.1) is 18.5 Å². The van der Waals surface area contributed by atoms with Gasteiger partial charge >= 0.3 is 0 Å². The lowest BCUT2D eigenvalue weighted by Crippen LogP contribution is -2.30. The third-order valence-corrected chi connectivity index (χ3v) is 4.02. The largest absolute Gasteiger partial charge is 0.494 e. The second-order valence-electron chi connectivity index (χ2n) is 5.75. The van der Waals surface area contributed by atoms with E-state index in [1.54, 1.807) is 36.4 Å². The number of nitrogens with one attached hydrogen (secondary N) is 1. The fourth-order valence-electron chi connectivity index (χ4n) is 2.72. The van der Waals surface area contributed by atoms with Gasteiger partial charge in [0.1, 0.15) is 18.1 Å². The second kappa shape index (κ2) is 8.35. The van der Waals surface area contributed by atoms with Crippen LogP contribution in [0.5, 0.6) is 11.5 Å². The fraction of sp³-hybridized carbons (Fsp3) is 0.250. The number of hydrogen-bond donors (Lipinski definition) is 1. The highest BCUT2D eigenvalue weighted by atomic mass is 16.5. The number of nitrogens with zero attached hydrogens (tertiary/aromatic N) is 2. The van der Waals surface area contributed by atoms with Gasteiger partial charge in [0.15, 0.2) is 5.69 Å². The van der Waals surface area contributed by atoms with Crippen molar-refractivity contribution in [2.45, 2.75) is 13.5 Å². The Balaban J connectivity index is 1.79. The monoisotopic (exact) mass is 367 g/mol. The molecular weight excluding hydrogens is 346 g/mol. The highest BCUT2D eigenvalue weighted by molar-refractivity contribution is 6.04. The third-order valence-electron chi connectivity index (χ3n) is 4.02. The van der Waals surface area contributed by atoms with Crippen molar-refractivity contribution in [2.24, 2.45) is 0 Å². The van der Waals surface area contributed by atoms with Crippen LogP contribution in [-0.2, 0) is 6.54 Å². The lowest BCUT2D eigenvalue weighted by molar-refractivity contribution is 0.0957. The van der Waals surface area contributed by atoms with E-state index in [4.69, 9.17) is 9.47 Å². The molecule has 140 valence electrons. The smallest absolute Gasteiger partial charge is 0.274 e. The first-order chi connectivity index (χ1) is 13.1. The summed E-state index contributed by atoms with van der Waals surface area (Å²) in [5.41, 5.74) is -0.0395. The lowest BCUT2D eigenvalue weighted by atomic mass is 10.1. The maximum absolute atomic E-state index is 12.6. The molecule has 3 aromatic rings. The van der Waals surface area contributed by atoms with Crippen LogP contribution in [0.25, 0.3) is 10.8 Å². The molecule has 0 atom stereocenters. The van der Waals surface area contributed by atoms with Crippen LogP contribution in [0.3, 0.4) is 0 Å². The molecule has 0 aliphatic heterocycles. The molecule has 0 saturated carbocycles. The van der Waals surface area contributed by atoms with Crippen molar-refractivity contribution in [3.8, 4) is 11.5 Å². The summed E-state index contributed by atoms with van der Waals surface area (Å²) in [6.07, 6.45) is 0. The molecule has 2 aromatic carbocycles. The number of rotatable bonds is 7. The third kappa shape index (κ3) is 4.08. The second-order valence-corrected chi connectivity index (χ2v) is 5.75. The van der Waals surface area contributed by atoms with Crippen LogP contribution in [0.2, 0.25) is 0 Å². The van der Waals surface area contributed by atoms with E-state index in [0.29, 0.717) is 23.1 Å². The van der Waals surface area contributed by atoms with E-state index in [-0.39, 0.29) is 30.3 Å². The maximum atomic E-state index is 12.6. The molecule has 0 saturated heterocycles. The number of carbonyl (C=O) groups excluding carboxylic acids is 1. The average Bonchev–Trinajstić information content (AvgIpc) is 2.71. The number of ether oxygens (including phenoxy) is 2. The zero-order valence-electron chi connectivity index (χ0n) is 15.3. The van der Waals surface area contributed by atoms with Gasteiger partial charge in [0.25, 0.3) is 11.5 Å². The molecule has 0 unspecified atom stereocenters. The molecule has 0 aliphatic rings. The summed E-state index contributed by atoms with van der Waals surface area (Å²) in [5, 5.41) is 7.77. The summed E-state index contributed by atoms with van der Waals surface area (Å²) in [5.74, 6) is 1.10. The number of amides is 1. The molecule has 1 amide bonds. The van der Waals surface area contributed by atoms with Gasteiger partial charge in [-0.15, -0.1) is 0 Å². The quantitative estimate of drug-likeness (QED) is 0.692. The SMILES string of the molecule is CCOc1ccc(OCCn2nc(C(=O)NC)c3ccccc3c2=O)cc1. The number of benzene rings is 2. The van der Waals surface area contributed by atoms with Crippen LogP contribution in [-0.4, -0.2) is 35.9 Å². The summed E-state index contributed by atoms with van der Waals surface area (Å²) in [7, 11) is 1.53. The Bertz CT molecular complexity index is 996. The highest BCUT2D eigenvalue weighted by Gasteiger charge is 2.15. The molecule has 0 spiro atoms. The van der Waals surface area contributed by atoms with Crippen molar-refractivity contribution in [3.63, 3.8) is 0 Å². The van der Waals surface area contributed by atoms with Crippen LogP contribution in [0.4, 0.5) is 0 Å². The zero-order chi connectivity index (χ0) is 19.2. The van der Waals surface area contributed by atoms with E-state index in [0.717, 1.165) is 5.75 Å². The summed E-state index contributed by atoms with van der Waals surface area (Å²) in [6.45, 7) is 2.99. The van der Waals surface area contributed by atoms with Crippen LogP contribution >= 0.6 is 0 Å². The number of fused-ring (bicyclic) bond motifs is 1. The summed E-state index contributed by atoms with van der Waals surface area (Å²) in [6, 6.07) is 14.2. The van der Waals surface area contributed by atoms with Crippen molar-refractivity contribution in [1.82, 2.24) is 15.1 Å². The zero-order valence-corrected chi connectivity index (χ0v) is 15.3. The first-order valence-electron chi connectivity index (χ1n) is 8.71. The van der Waals surface area contributed by atoms with E-state index >= 15 is 0 Å². The van der Waals surface area contributed by atoms with E-state index in [1.807, 2.05) is 19.1 Å². The van der Waals surface area contributed by atoms with Crippen molar-refractivity contribution < 1.29 is 14.3 Å². The van der Waals surface area contributed by atoms with E-state index in [2.05, 4.69) is 10.4 Å². The van der Waals surface area contributed by atoms with E-state index in [1.165, 1.54) is 11.7 Å². The highest BCUT2D eigenvalue weighted by Crippen LogP contribution is 2.17. The standard InChI is InChI=1S/C20H21N3O4/c1-3-26-14-8-10-15(11-9-14)27-13-12-23-20(25)17-7-5-4-6-16(17)18(22-23)19(24)21-2/h4-11H,3,12-13H2,1-2H3,(H,21,24). The molecule has 0 radical (unpaired) electrons. The van der Waals surface area contributed by atoms with E-state index < -0.39 is 0 Å². The first kappa shape index (κ1) is 18.4. The van der Waals surface area contributed by atoms with Gasteiger partial charge in [0, 0.05) is 12.4 Å².